The van der Waals surface area contributed by atoms with Gasteiger partial charge < -0.3 is 9.80 Å². The largest absolute Gasteiger partial charge is 0.343 e. The molecule has 0 aromatic carbocycles. The second-order valence-corrected chi connectivity index (χ2v) is 10.6. The normalized spacial score (nSPS) is 26.9. The van der Waals surface area contributed by atoms with Gasteiger partial charge in [0, 0.05) is 24.2 Å². The van der Waals surface area contributed by atoms with Crippen molar-refractivity contribution in [2.75, 3.05) is 0 Å². The van der Waals surface area contributed by atoms with E-state index in [1.807, 2.05) is 0 Å². The van der Waals surface area contributed by atoms with Crippen LogP contribution in [-0.4, -0.2) is 39.1 Å². The summed E-state index contributed by atoms with van der Waals surface area (Å²) in [5.41, 5.74) is 0. The molecule has 0 aliphatic heterocycles. The summed E-state index contributed by atoms with van der Waals surface area (Å²) in [5.74, 6) is 0. The van der Waals surface area contributed by atoms with Crippen molar-refractivity contribution in [3.05, 3.63) is 0 Å². The van der Waals surface area contributed by atoms with E-state index in [1.54, 1.807) is 0 Å². The first-order valence-electron chi connectivity index (χ1n) is 13.0. The van der Waals surface area contributed by atoms with E-state index in [-0.39, 0.29) is 0 Å². The summed E-state index contributed by atoms with van der Waals surface area (Å²) in [6.45, 7) is 0. The van der Waals surface area contributed by atoms with Gasteiger partial charge >= 0.3 is 0 Å². The maximum absolute atomic E-state index is 6.47. The first-order chi connectivity index (χ1) is 13.8. The molecule has 0 aromatic rings. The van der Waals surface area contributed by atoms with Crippen molar-refractivity contribution in [2.24, 2.45) is 0 Å². The van der Waals surface area contributed by atoms with Gasteiger partial charge in [-0.3, -0.25) is 0 Å². The van der Waals surface area contributed by atoms with Crippen LogP contribution in [0.2, 0.25) is 0 Å². The molecule has 0 heterocycles. The Labute approximate surface area is 179 Å². The fourth-order valence-corrected chi connectivity index (χ4v) is 7.39. The maximum atomic E-state index is 6.47. The summed E-state index contributed by atoms with van der Waals surface area (Å²) in [5, 5.41) is 1.30. The molecule has 160 valence electrons. The third-order valence-electron chi connectivity index (χ3n) is 8.31. The highest BCUT2D eigenvalue weighted by molar-refractivity contribution is 7.80. The highest BCUT2D eigenvalue weighted by Gasteiger charge is 2.38. The van der Waals surface area contributed by atoms with Crippen LogP contribution in [0.5, 0.6) is 0 Å². The van der Waals surface area contributed by atoms with Gasteiger partial charge in [-0.25, -0.2) is 0 Å². The molecule has 0 bridgehead atoms. The second-order valence-electron chi connectivity index (χ2n) is 10.3. The maximum Gasteiger partial charge on any atom is 0.172 e. The molecule has 3 heteroatoms. The number of rotatable bonds is 4. The van der Waals surface area contributed by atoms with Crippen LogP contribution in [0.25, 0.3) is 0 Å². The van der Waals surface area contributed by atoms with Crippen LogP contribution in [0, 0.1) is 0 Å². The van der Waals surface area contributed by atoms with Gasteiger partial charge in [0.2, 0.25) is 0 Å². The predicted octanol–water partition coefficient (Wildman–Crippen LogP) is 7.21. The zero-order chi connectivity index (χ0) is 19.2. The summed E-state index contributed by atoms with van der Waals surface area (Å²) < 4.78 is 0. The van der Waals surface area contributed by atoms with Crippen LogP contribution in [-0.2, 0) is 0 Å². The lowest BCUT2D eigenvalue weighted by Gasteiger charge is -2.51. The first kappa shape index (κ1) is 20.9. The Kier molecular flexibility index (Phi) is 7.96. The Balaban J connectivity index is 1.57. The van der Waals surface area contributed by atoms with Crippen molar-refractivity contribution < 1.29 is 0 Å². The zero-order valence-corrected chi connectivity index (χ0v) is 19.1. The van der Waals surface area contributed by atoms with Crippen LogP contribution < -0.4 is 0 Å². The molecule has 0 unspecified atom stereocenters. The zero-order valence-electron chi connectivity index (χ0n) is 18.3. The van der Waals surface area contributed by atoms with Crippen LogP contribution in [0.1, 0.15) is 128 Å². The Morgan fingerprint density at radius 1 is 0.393 bits per heavy atom. The summed E-state index contributed by atoms with van der Waals surface area (Å²) in [4.78, 5) is 5.72. The quantitative estimate of drug-likeness (QED) is 0.457. The summed E-state index contributed by atoms with van der Waals surface area (Å²) in [7, 11) is 0. The standard InChI is InChI=1S/C25H44N2S/c28-25(26(21-13-5-1-6-14-21)22-15-7-2-8-16-22)27(23-17-9-3-10-18-23)24-19-11-4-12-20-24/h21-24H,1-20H2. The molecule has 4 saturated carbocycles. The van der Waals surface area contributed by atoms with Crippen LogP contribution in [0.4, 0.5) is 0 Å². The third kappa shape index (κ3) is 5.05. The average Bonchev–Trinajstić information content (AvgIpc) is 2.77. The topological polar surface area (TPSA) is 6.48 Å². The van der Waals surface area contributed by atoms with Gasteiger partial charge in [-0.05, 0) is 63.6 Å². The van der Waals surface area contributed by atoms with Crippen molar-refractivity contribution in [2.45, 2.75) is 153 Å². The van der Waals surface area contributed by atoms with E-state index >= 15 is 0 Å². The SMILES string of the molecule is S=C(N(C1CCCCC1)C1CCCCC1)N(C1CCCCC1)C1CCCCC1. The highest BCUT2D eigenvalue weighted by Crippen LogP contribution is 2.36. The number of thiocarbonyl (C=S) groups is 1. The number of hydrogen-bond acceptors (Lipinski definition) is 1. The van der Waals surface area contributed by atoms with Gasteiger partial charge in [0.25, 0.3) is 0 Å². The van der Waals surface area contributed by atoms with Gasteiger partial charge in [0.1, 0.15) is 0 Å². The molecule has 4 aliphatic carbocycles. The Morgan fingerprint density at radius 3 is 0.821 bits per heavy atom. The Hall–Kier alpha value is -0.310. The van der Waals surface area contributed by atoms with Crippen molar-refractivity contribution in [1.82, 2.24) is 9.80 Å². The molecule has 0 N–H and O–H groups in total. The van der Waals surface area contributed by atoms with Crippen LogP contribution in [0.15, 0.2) is 0 Å². The van der Waals surface area contributed by atoms with E-state index in [4.69, 9.17) is 12.2 Å². The number of hydrogen-bond donors (Lipinski definition) is 0. The lowest BCUT2D eigenvalue weighted by molar-refractivity contribution is 0.0984. The predicted molar refractivity (Wildman–Crippen MR) is 124 cm³/mol. The first-order valence-corrected chi connectivity index (χ1v) is 13.4. The molecule has 4 fully saturated rings. The summed E-state index contributed by atoms with van der Waals surface area (Å²) in [6.07, 6.45) is 28.2. The molecule has 0 spiro atoms. The molecule has 2 nitrogen and oxygen atoms in total. The smallest absolute Gasteiger partial charge is 0.172 e. The lowest BCUT2D eigenvalue weighted by atomic mass is 9.87. The molecule has 0 atom stereocenters. The van der Waals surface area contributed by atoms with Crippen molar-refractivity contribution in [3.8, 4) is 0 Å². The molecule has 4 aliphatic rings. The molecule has 0 amide bonds. The van der Waals surface area contributed by atoms with E-state index in [0.717, 1.165) is 24.2 Å². The van der Waals surface area contributed by atoms with E-state index in [9.17, 15) is 0 Å². The molecule has 28 heavy (non-hydrogen) atoms. The lowest BCUT2D eigenvalue weighted by Crippen LogP contribution is -2.59. The van der Waals surface area contributed by atoms with Gasteiger partial charge in [0.15, 0.2) is 5.11 Å². The minimum absolute atomic E-state index is 0.735. The van der Waals surface area contributed by atoms with Crippen molar-refractivity contribution in [3.63, 3.8) is 0 Å². The fourth-order valence-electron chi connectivity index (χ4n) is 6.79. The van der Waals surface area contributed by atoms with Gasteiger partial charge in [-0.1, -0.05) is 77.0 Å². The molecule has 0 aromatic heterocycles. The van der Waals surface area contributed by atoms with Gasteiger partial charge in [-0.15, -0.1) is 0 Å². The van der Waals surface area contributed by atoms with E-state index in [1.165, 1.54) is 134 Å². The molecule has 0 saturated heterocycles. The average molecular weight is 405 g/mol. The monoisotopic (exact) mass is 404 g/mol. The Morgan fingerprint density at radius 2 is 0.607 bits per heavy atom. The molecule has 0 radical (unpaired) electrons. The summed E-state index contributed by atoms with van der Waals surface area (Å²) >= 11 is 6.47. The van der Waals surface area contributed by atoms with E-state index in [0.29, 0.717) is 0 Å². The van der Waals surface area contributed by atoms with E-state index < -0.39 is 0 Å². The van der Waals surface area contributed by atoms with Crippen molar-refractivity contribution >= 4 is 17.3 Å². The second kappa shape index (κ2) is 10.6. The van der Waals surface area contributed by atoms with Crippen LogP contribution in [0.3, 0.4) is 0 Å². The third-order valence-corrected chi connectivity index (χ3v) is 8.74. The van der Waals surface area contributed by atoms with Crippen molar-refractivity contribution in [1.29, 1.82) is 0 Å². The molecular weight excluding hydrogens is 360 g/mol. The Bertz CT molecular complexity index is 391. The van der Waals surface area contributed by atoms with Gasteiger partial charge in [0.05, 0.1) is 0 Å². The summed E-state index contributed by atoms with van der Waals surface area (Å²) in [6, 6.07) is 2.94. The van der Waals surface area contributed by atoms with E-state index in [2.05, 4.69) is 9.80 Å². The minimum atomic E-state index is 0.735. The van der Waals surface area contributed by atoms with Crippen LogP contribution >= 0.6 is 12.2 Å². The highest BCUT2D eigenvalue weighted by atomic mass is 32.1. The minimum Gasteiger partial charge on any atom is -0.343 e. The fraction of sp³-hybridized carbons (Fsp3) is 0.960. The number of nitrogens with zero attached hydrogens (tertiary/aromatic N) is 2. The molecule has 4 rings (SSSR count). The molecular formula is C25H44N2S. The van der Waals surface area contributed by atoms with Gasteiger partial charge in [-0.2, -0.15) is 0 Å².